The Bertz CT molecular complexity index is 381. The molecule has 16 heavy (non-hydrogen) atoms. The molecule has 0 aromatic heterocycles. The number of nitrogens with zero attached hydrogens (tertiary/aromatic N) is 1. The van der Waals surface area contributed by atoms with Gasteiger partial charge < -0.3 is 10.5 Å². The van der Waals surface area contributed by atoms with E-state index in [2.05, 4.69) is 17.0 Å². The molecule has 3 rings (SSSR count). The van der Waals surface area contributed by atoms with Gasteiger partial charge in [0.25, 0.3) is 0 Å². The van der Waals surface area contributed by atoms with Crippen molar-refractivity contribution in [2.45, 2.75) is 12.6 Å². The van der Waals surface area contributed by atoms with Crippen LogP contribution in [0.1, 0.15) is 5.56 Å². The second-order valence-corrected chi connectivity index (χ2v) is 4.91. The summed E-state index contributed by atoms with van der Waals surface area (Å²) in [5.74, 6) is 2.51. The lowest BCUT2D eigenvalue weighted by Crippen LogP contribution is -2.27. The van der Waals surface area contributed by atoms with Crippen LogP contribution in [0.2, 0.25) is 0 Å². The van der Waals surface area contributed by atoms with Gasteiger partial charge in [-0.2, -0.15) is 0 Å². The first-order valence-corrected chi connectivity index (χ1v) is 5.89. The number of hydrogen-bond donors (Lipinski definition) is 1. The predicted molar refractivity (Wildman–Crippen MR) is 63.2 cm³/mol. The second kappa shape index (κ2) is 3.75. The van der Waals surface area contributed by atoms with Gasteiger partial charge in [0, 0.05) is 31.2 Å². The van der Waals surface area contributed by atoms with E-state index < -0.39 is 0 Å². The van der Waals surface area contributed by atoms with Gasteiger partial charge >= 0.3 is 0 Å². The molecule has 3 heteroatoms. The first-order valence-electron chi connectivity index (χ1n) is 5.89. The van der Waals surface area contributed by atoms with Crippen LogP contribution in [0.4, 0.5) is 0 Å². The van der Waals surface area contributed by atoms with Crippen molar-refractivity contribution in [3.05, 3.63) is 29.8 Å². The van der Waals surface area contributed by atoms with Crippen LogP contribution < -0.4 is 10.5 Å². The van der Waals surface area contributed by atoms with Crippen LogP contribution in [-0.4, -0.2) is 31.1 Å². The first kappa shape index (κ1) is 10.1. The van der Waals surface area contributed by atoms with Crippen LogP contribution in [0.15, 0.2) is 24.3 Å². The van der Waals surface area contributed by atoms with E-state index in [1.165, 1.54) is 5.56 Å². The van der Waals surface area contributed by atoms with Gasteiger partial charge in [0.2, 0.25) is 0 Å². The number of benzene rings is 1. The SMILES string of the molecule is COc1ccccc1CN1CC2C(N)C2C1. The summed E-state index contributed by atoms with van der Waals surface area (Å²) in [5.41, 5.74) is 7.21. The molecule has 2 aliphatic rings. The maximum atomic E-state index is 5.93. The molecule has 86 valence electrons. The Balaban J connectivity index is 1.66. The quantitative estimate of drug-likeness (QED) is 0.825. The van der Waals surface area contributed by atoms with Crippen LogP contribution in [0.3, 0.4) is 0 Å². The summed E-state index contributed by atoms with van der Waals surface area (Å²) in [6.07, 6.45) is 0. The average Bonchev–Trinajstić information content (AvgIpc) is 2.77. The molecule has 2 fully saturated rings. The molecule has 1 heterocycles. The smallest absolute Gasteiger partial charge is 0.123 e. The molecule has 1 saturated carbocycles. The fraction of sp³-hybridized carbons (Fsp3) is 0.538. The molecule has 2 N–H and O–H groups in total. The lowest BCUT2D eigenvalue weighted by molar-refractivity contribution is 0.284. The number of para-hydroxylation sites is 1. The van der Waals surface area contributed by atoms with Crippen molar-refractivity contribution in [3.63, 3.8) is 0 Å². The van der Waals surface area contributed by atoms with E-state index in [4.69, 9.17) is 10.5 Å². The highest BCUT2D eigenvalue weighted by Crippen LogP contribution is 2.44. The van der Waals surface area contributed by atoms with Crippen LogP contribution in [-0.2, 0) is 6.54 Å². The Hall–Kier alpha value is -1.06. The minimum Gasteiger partial charge on any atom is -0.496 e. The van der Waals surface area contributed by atoms with Crippen LogP contribution in [0, 0.1) is 11.8 Å². The van der Waals surface area contributed by atoms with Crippen LogP contribution >= 0.6 is 0 Å². The number of piperidine rings is 1. The third-order valence-corrected chi connectivity index (χ3v) is 3.92. The highest BCUT2D eigenvalue weighted by Gasteiger charge is 2.53. The van der Waals surface area contributed by atoms with Gasteiger partial charge in [-0.1, -0.05) is 18.2 Å². The summed E-state index contributed by atoms with van der Waals surface area (Å²) in [4.78, 5) is 2.48. The third-order valence-electron chi connectivity index (χ3n) is 3.92. The summed E-state index contributed by atoms with van der Waals surface area (Å²) >= 11 is 0. The maximum Gasteiger partial charge on any atom is 0.123 e. The van der Waals surface area contributed by atoms with E-state index in [1.807, 2.05) is 12.1 Å². The Kier molecular flexibility index (Phi) is 2.37. The summed E-state index contributed by atoms with van der Waals surface area (Å²) in [6.45, 7) is 3.30. The molecule has 3 nitrogen and oxygen atoms in total. The number of ether oxygens (including phenoxy) is 1. The summed E-state index contributed by atoms with van der Waals surface area (Å²) in [7, 11) is 1.73. The number of likely N-dealkylation sites (tertiary alicyclic amines) is 1. The highest BCUT2D eigenvalue weighted by molar-refractivity contribution is 5.33. The van der Waals surface area contributed by atoms with Crippen molar-refractivity contribution in [1.29, 1.82) is 0 Å². The Labute approximate surface area is 96.2 Å². The van der Waals surface area contributed by atoms with Gasteiger partial charge in [0.05, 0.1) is 7.11 Å². The minimum atomic E-state index is 0.480. The average molecular weight is 218 g/mol. The van der Waals surface area contributed by atoms with Crippen molar-refractivity contribution in [2.24, 2.45) is 17.6 Å². The van der Waals surface area contributed by atoms with Crippen molar-refractivity contribution in [2.75, 3.05) is 20.2 Å². The van der Waals surface area contributed by atoms with Gasteiger partial charge in [-0.25, -0.2) is 0 Å². The molecule has 1 aliphatic heterocycles. The molecule has 1 saturated heterocycles. The Morgan fingerprint density at radius 3 is 2.69 bits per heavy atom. The molecule has 0 radical (unpaired) electrons. The standard InChI is InChI=1S/C13H18N2O/c1-16-12-5-3-2-4-9(12)6-15-7-10-11(8-15)13(10)14/h2-5,10-11,13H,6-8,14H2,1H3. The lowest BCUT2D eigenvalue weighted by atomic mass is 10.2. The van der Waals surface area contributed by atoms with E-state index in [-0.39, 0.29) is 0 Å². The normalized spacial score (nSPS) is 32.5. The summed E-state index contributed by atoms with van der Waals surface area (Å²) in [6, 6.07) is 8.73. The van der Waals surface area contributed by atoms with E-state index in [1.54, 1.807) is 7.11 Å². The topological polar surface area (TPSA) is 38.5 Å². The summed E-state index contributed by atoms with van der Waals surface area (Å²) < 4.78 is 5.36. The van der Waals surface area contributed by atoms with E-state index in [0.29, 0.717) is 6.04 Å². The molecule has 1 aliphatic carbocycles. The molecule has 0 spiro atoms. The zero-order valence-electron chi connectivity index (χ0n) is 9.60. The van der Waals surface area contributed by atoms with Gasteiger partial charge in [-0.3, -0.25) is 4.90 Å². The molecule has 1 aromatic rings. The lowest BCUT2D eigenvalue weighted by Gasteiger charge is -2.19. The van der Waals surface area contributed by atoms with Crippen molar-refractivity contribution >= 4 is 0 Å². The molecule has 0 amide bonds. The zero-order chi connectivity index (χ0) is 11.1. The number of nitrogens with two attached hydrogens (primary N) is 1. The molecule has 2 unspecified atom stereocenters. The maximum absolute atomic E-state index is 5.93. The van der Waals surface area contributed by atoms with Crippen molar-refractivity contribution < 1.29 is 4.74 Å². The largest absolute Gasteiger partial charge is 0.496 e. The molecule has 1 aromatic carbocycles. The molecular formula is C13H18N2O. The van der Waals surface area contributed by atoms with E-state index in [0.717, 1.165) is 37.2 Å². The monoisotopic (exact) mass is 218 g/mol. The predicted octanol–water partition coefficient (Wildman–Crippen LogP) is 1.08. The number of rotatable bonds is 3. The van der Waals surface area contributed by atoms with E-state index >= 15 is 0 Å². The van der Waals surface area contributed by atoms with Gasteiger partial charge in [-0.05, 0) is 17.9 Å². The first-order chi connectivity index (χ1) is 7.79. The molecule has 2 atom stereocenters. The van der Waals surface area contributed by atoms with Crippen LogP contribution in [0.25, 0.3) is 0 Å². The Morgan fingerprint density at radius 1 is 1.31 bits per heavy atom. The molecular weight excluding hydrogens is 200 g/mol. The number of hydrogen-bond acceptors (Lipinski definition) is 3. The minimum absolute atomic E-state index is 0.480. The second-order valence-electron chi connectivity index (χ2n) is 4.91. The summed E-state index contributed by atoms with van der Waals surface area (Å²) in [5, 5.41) is 0. The van der Waals surface area contributed by atoms with Crippen LogP contribution in [0.5, 0.6) is 5.75 Å². The van der Waals surface area contributed by atoms with Gasteiger partial charge in [-0.15, -0.1) is 0 Å². The fourth-order valence-electron chi connectivity index (χ4n) is 2.86. The number of fused-ring (bicyclic) bond motifs is 1. The highest BCUT2D eigenvalue weighted by atomic mass is 16.5. The fourth-order valence-corrected chi connectivity index (χ4v) is 2.86. The van der Waals surface area contributed by atoms with E-state index in [9.17, 15) is 0 Å². The Morgan fingerprint density at radius 2 is 2.00 bits per heavy atom. The zero-order valence-corrected chi connectivity index (χ0v) is 9.60. The molecule has 0 bridgehead atoms. The van der Waals surface area contributed by atoms with Gasteiger partial charge in [0.1, 0.15) is 5.75 Å². The van der Waals surface area contributed by atoms with Crippen molar-refractivity contribution in [1.82, 2.24) is 4.90 Å². The third kappa shape index (κ3) is 1.60. The van der Waals surface area contributed by atoms with Crippen molar-refractivity contribution in [3.8, 4) is 5.75 Å². The number of methoxy groups -OCH3 is 1. The van der Waals surface area contributed by atoms with Gasteiger partial charge in [0.15, 0.2) is 0 Å².